The Morgan fingerprint density at radius 3 is 2.86 bits per heavy atom. The van der Waals surface area contributed by atoms with Crippen LogP contribution in [0.2, 0.25) is 0 Å². The smallest absolute Gasteiger partial charge is 0.258 e. The summed E-state index contributed by atoms with van der Waals surface area (Å²) >= 11 is 0. The summed E-state index contributed by atoms with van der Waals surface area (Å²) in [5, 5.41) is 4.14. The van der Waals surface area contributed by atoms with Crippen LogP contribution >= 0.6 is 0 Å². The molecular formula is C17H15N3O. The lowest BCUT2D eigenvalue weighted by atomic mass is 10.0. The quantitative estimate of drug-likeness (QED) is 0.728. The van der Waals surface area contributed by atoms with Gasteiger partial charge >= 0.3 is 0 Å². The number of aromatic nitrogens is 2. The summed E-state index contributed by atoms with van der Waals surface area (Å²) in [4.78, 5) is 4.54. The number of fused-ring (bicyclic) bond motifs is 1. The van der Waals surface area contributed by atoms with E-state index in [1.54, 1.807) is 0 Å². The molecule has 1 aromatic heterocycles. The summed E-state index contributed by atoms with van der Waals surface area (Å²) < 4.78 is 5.40. The van der Waals surface area contributed by atoms with Crippen LogP contribution in [0.15, 0.2) is 47.0 Å². The van der Waals surface area contributed by atoms with Crippen molar-refractivity contribution in [2.24, 2.45) is 0 Å². The third kappa shape index (κ3) is 2.09. The molecule has 4 nitrogen and oxygen atoms in total. The van der Waals surface area contributed by atoms with Gasteiger partial charge in [-0.2, -0.15) is 4.98 Å². The second kappa shape index (κ2) is 4.74. The van der Waals surface area contributed by atoms with Crippen molar-refractivity contribution in [3.05, 3.63) is 53.6 Å². The van der Waals surface area contributed by atoms with Crippen LogP contribution in [0.4, 0.5) is 5.69 Å². The van der Waals surface area contributed by atoms with Gasteiger partial charge in [0.25, 0.3) is 5.89 Å². The number of hydrogen-bond donors (Lipinski definition) is 1. The van der Waals surface area contributed by atoms with Crippen LogP contribution in [-0.2, 0) is 12.8 Å². The zero-order valence-electron chi connectivity index (χ0n) is 11.5. The molecule has 1 aliphatic carbocycles. The van der Waals surface area contributed by atoms with Crippen molar-refractivity contribution in [2.45, 2.75) is 19.3 Å². The molecular weight excluding hydrogens is 262 g/mol. The average Bonchev–Trinajstić information content (AvgIpc) is 3.16. The fraction of sp³-hybridized carbons (Fsp3) is 0.176. The first-order chi connectivity index (χ1) is 10.3. The van der Waals surface area contributed by atoms with Gasteiger partial charge in [0.15, 0.2) is 0 Å². The van der Waals surface area contributed by atoms with E-state index in [0.29, 0.717) is 17.4 Å². The van der Waals surface area contributed by atoms with Crippen LogP contribution in [0.25, 0.3) is 22.8 Å². The van der Waals surface area contributed by atoms with Gasteiger partial charge in [-0.1, -0.05) is 29.4 Å². The number of aryl methyl sites for hydroxylation is 1. The zero-order valence-corrected chi connectivity index (χ0v) is 11.5. The van der Waals surface area contributed by atoms with Crippen LogP contribution in [0, 0.1) is 0 Å². The van der Waals surface area contributed by atoms with Crippen molar-refractivity contribution in [2.75, 3.05) is 5.73 Å². The maximum atomic E-state index is 5.80. The molecule has 0 fully saturated rings. The Kier molecular flexibility index (Phi) is 2.74. The monoisotopic (exact) mass is 277 g/mol. The summed E-state index contributed by atoms with van der Waals surface area (Å²) in [6, 6.07) is 13.8. The Bertz CT molecular complexity index is 807. The molecule has 2 N–H and O–H groups in total. The average molecular weight is 277 g/mol. The SMILES string of the molecule is Nc1cccc(-c2nc(-c3cccc4c3CCC4)no2)c1. The molecule has 0 saturated carbocycles. The van der Waals surface area contributed by atoms with Gasteiger partial charge in [-0.25, -0.2) is 0 Å². The minimum absolute atomic E-state index is 0.507. The Morgan fingerprint density at radius 2 is 1.95 bits per heavy atom. The number of rotatable bonds is 2. The second-order valence-electron chi connectivity index (χ2n) is 5.35. The Hall–Kier alpha value is -2.62. The lowest BCUT2D eigenvalue weighted by Gasteiger charge is -2.03. The minimum Gasteiger partial charge on any atom is -0.399 e. The fourth-order valence-corrected chi connectivity index (χ4v) is 2.95. The van der Waals surface area contributed by atoms with E-state index in [1.807, 2.05) is 24.3 Å². The molecule has 21 heavy (non-hydrogen) atoms. The van der Waals surface area contributed by atoms with E-state index >= 15 is 0 Å². The van der Waals surface area contributed by atoms with Crippen LogP contribution in [0.1, 0.15) is 17.5 Å². The molecule has 104 valence electrons. The highest BCUT2D eigenvalue weighted by atomic mass is 16.5. The topological polar surface area (TPSA) is 64.9 Å². The summed E-state index contributed by atoms with van der Waals surface area (Å²) in [7, 11) is 0. The number of nitrogens with zero attached hydrogens (tertiary/aromatic N) is 2. The standard InChI is InChI=1S/C17H15N3O/c18-13-7-1-6-12(10-13)17-19-16(20-21-17)15-9-3-5-11-4-2-8-14(11)15/h1,3,5-7,9-10H,2,4,8,18H2. The van der Waals surface area contributed by atoms with Gasteiger partial charge in [0.05, 0.1) is 0 Å². The van der Waals surface area contributed by atoms with Gasteiger partial charge in [0.2, 0.25) is 5.82 Å². The third-order valence-corrected chi connectivity index (χ3v) is 3.95. The molecule has 3 aromatic rings. The largest absolute Gasteiger partial charge is 0.399 e. The van der Waals surface area contributed by atoms with Crippen molar-refractivity contribution in [1.29, 1.82) is 0 Å². The number of hydrogen-bond acceptors (Lipinski definition) is 4. The first-order valence-corrected chi connectivity index (χ1v) is 7.12. The lowest BCUT2D eigenvalue weighted by Crippen LogP contribution is -1.90. The van der Waals surface area contributed by atoms with E-state index in [2.05, 4.69) is 28.3 Å². The molecule has 4 rings (SSSR count). The minimum atomic E-state index is 0.507. The van der Waals surface area contributed by atoms with Crippen molar-refractivity contribution < 1.29 is 4.52 Å². The first-order valence-electron chi connectivity index (χ1n) is 7.12. The molecule has 0 saturated heterocycles. The highest BCUT2D eigenvalue weighted by molar-refractivity contribution is 5.66. The second-order valence-corrected chi connectivity index (χ2v) is 5.35. The molecule has 0 amide bonds. The molecule has 0 unspecified atom stereocenters. The summed E-state index contributed by atoms with van der Waals surface area (Å²) in [6.07, 6.45) is 3.43. The van der Waals surface area contributed by atoms with Gasteiger partial charge in [-0.05, 0) is 48.6 Å². The number of benzene rings is 2. The van der Waals surface area contributed by atoms with Crippen molar-refractivity contribution in [3.8, 4) is 22.8 Å². The van der Waals surface area contributed by atoms with Crippen LogP contribution in [0.3, 0.4) is 0 Å². The number of nitrogen functional groups attached to an aromatic ring is 1. The van der Waals surface area contributed by atoms with E-state index < -0.39 is 0 Å². The normalized spacial score (nSPS) is 13.3. The Labute approximate surface area is 122 Å². The molecule has 0 radical (unpaired) electrons. The van der Waals surface area contributed by atoms with Gasteiger partial charge in [-0.3, -0.25) is 0 Å². The molecule has 0 atom stereocenters. The van der Waals surface area contributed by atoms with Crippen molar-refractivity contribution >= 4 is 5.69 Å². The summed E-state index contributed by atoms with van der Waals surface area (Å²) in [5.41, 5.74) is 11.2. The third-order valence-electron chi connectivity index (χ3n) is 3.95. The molecule has 1 aliphatic rings. The zero-order chi connectivity index (χ0) is 14.2. The van der Waals surface area contributed by atoms with E-state index in [4.69, 9.17) is 10.3 Å². The molecule has 1 heterocycles. The van der Waals surface area contributed by atoms with Crippen LogP contribution in [0.5, 0.6) is 0 Å². The molecule has 0 aliphatic heterocycles. The first kappa shape index (κ1) is 12.1. The fourth-order valence-electron chi connectivity index (χ4n) is 2.95. The molecule has 0 bridgehead atoms. The maximum Gasteiger partial charge on any atom is 0.258 e. The van der Waals surface area contributed by atoms with Crippen molar-refractivity contribution in [3.63, 3.8) is 0 Å². The van der Waals surface area contributed by atoms with Crippen LogP contribution < -0.4 is 5.73 Å². The summed E-state index contributed by atoms with van der Waals surface area (Å²) in [5.74, 6) is 1.17. The van der Waals surface area contributed by atoms with E-state index in [-0.39, 0.29) is 0 Å². The lowest BCUT2D eigenvalue weighted by molar-refractivity contribution is 0.432. The van der Waals surface area contributed by atoms with E-state index in [0.717, 1.165) is 24.0 Å². The van der Waals surface area contributed by atoms with Gasteiger partial charge < -0.3 is 10.3 Å². The molecule has 0 spiro atoms. The van der Waals surface area contributed by atoms with Crippen LogP contribution in [-0.4, -0.2) is 10.1 Å². The summed E-state index contributed by atoms with van der Waals surface area (Å²) in [6.45, 7) is 0. The van der Waals surface area contributed by atoms with Gasteiger partial charge in [0, 0.05) is 16.8 Å². The van der Waals surface area contributed by atoms with Gasteiger partial charge in [0.1, 0.15) is 0 Å². The van der Waals surface area contributed by atoms with E-state index in [1.165, 1.54) is 17.5 Å². The van der Waals surface area contributed by atoms with Gasteiger partial charge in [-0.15, -0.1) is 0 Å². The number of anilines is 1. The van der Waals surface area contributed by atoms with E-state index in [9.17, 15) is 0 Å². The highest BCUT2D eigenvalue weighted by Crippen LogP contribution is 2.32. The Morgan fingerprint density at radius 1 is 1.05 bits per heavy atom. The Balaban J connectivity index is 1.77. The highest BCUT2D eigenvalue weighted by Gasteiger charge is 2.19. The molecule has 4 heteroatoms. The van der Waals surface area contributed by atoms with Crippen molar-refractivity contribution in [1.82, 2.24) is 10.1 Å². The predicted octanol–water partition coefficient (Wildman–Crippen LogP) is 3.47. The predicted molar refractivity (Wildman–Crippen MR) is 81.6 cm³/mol. The maximum absolute atomic E-state index is 5.80. The number of nitrogens with two attached hydrogens (primary N) is 1. The molecule has 2 aromatic carbocycles.